The summed E-state index contributed by atoms with van der Waals surface area (Å²) in [6.45, 7) is 0. The van der Waals surface area contributed by atoms with E-state index >= 15 is 0 Å². The van der Waals surface area contributed by atoms with Gasteiger partial charge in [-0.2, -0.15) is 0 Å². The lowest BCUT2D eigenvalue weighted by Gasteiger charge is -2.20. The van der Waals surface area contributed by atoms with Crippen molar-refractivity contribution in [3.63, 3.8) is 0 Å². The van der Waals surface area contributed by atoms with Crippen LogP contribution in [0.1, 0.15) is 0 Å². The summed E-state index contributed by atoms with van der Waals surface area (Å²) in [5, 5.41) is 10.9. The Hall–Kier alpha value is -2.56. The molecule has 0 bridgehead atoms. The van der Waals surface area contributed by atoms with Gasteiger partial charge in [0.15, 0.2) is 0 Å². The van der Waals surface area contributed by atoms with Gasteiger partial charge in [-0.05, 0) is 41.1 Å². The molecule has 0 saturated heterocycles. The van der Waals surface area contributed by atoms with Crippen molar-refractivity contribution >= 4 is 27.8 Å². The Balaban J connectivity index is 1.95. The van der Waals surface area contributed by atoms with Gasteiger partial charge in [0.1, 0.15) is 0 Å². The van der Waals surface area contributed by atoms with Crippen LogP contribution in [0.5, 0.6) is 0 Å². The first-order valence-electron chi connectivity index (χ1n) is 6.67. The van der Waals surface area contributed by atoms with Crippen molar-refractivity contribution in [3.8, 4) is 0 Å². The van der Waals surface area contributed by atoms with Crippen molar-refractivity contribution in [3.05, 3.63) is 66.7 Å². The summed E-state index contributed by atoms with van der Waals surface area (Å²) in [5.74, 6) is 0. The average Bonchev–Trinajstić information content (AvgIpc) is 2.54. The molecule has 3 rings (SSSR count). The SMILES string of the molecule is CN(c1cccc(NOO)c1)c1ccc2ccccc2c1. The van der Waals surface area contributed by atoms with E-state index in [1.807, 2.05) is 43.4 Å². The lowest BCUT2D eigenvalue weighted by atomic mass is 10.1. The van der Waals surface area contributed by atoms with Crippen LogP contribution in [-0.2, 0) is 4.99 Å². The Labute approximate surface area is 123 Å². The van der Waals surface area contributed by atoms with Crippen LogP contribution in [0.2, 0.25) is 0 Å². The highest BCUT2D eigenvalue weighted by Crippen LogP contribution is 2.28. The lowest BCUT2D eigenvalue weighted by molar-refractivity contribution is -0.215. The van der Waals surface area contributed by atoms with Crippen LogP contribution >= 0.6 is 0 Å². The van der Waals surface area contributed by atoms with Crippen molar-refractivity contribution in [2.24, 2.45) is 0 Å². The van der Waals surface area contributed by atoms with Crippen LogP contribution in [0, 0.1) is 0 Å². The Morgan fingerprint density at radius 1 is 0.857 bits per heavy atom. The van der Waals surface area contributed by atoms with Crippen molar-refractivity contribution in [2.75, 3.05) is 17.4 Å². The molecule has 106 valence electrons. The number of rotatable bonds is 4. The van der Waals surface area contributed by atoms with Crippen LogP contribution in [0.3, 0.4) is 0 Å². The highest BCUT2D eigenvalue weighted by molar-refractivity contribution is 5.87. The van der Waals surface area contributed by atoms with Gasteiger partial charge in [-0.15, -0.1) is 4.99 Å². The standard InChI is InChI=1S/C17H16N2O2/c1-19(16-8-4-7-15(12-16)18-21-20)17-10-9-13-5-2-3-6-14(13)11-17/h2-12,18,20H,1H3. The smallest absolute Gasteiger partial charge is 0.0655 e. The molecule has 0 heterocycles. The predicted molar refractivity (Wildman–Crippen MR) is 85.8 cm³/mol. The third kappa shape index (κ3) is 2.81. The molecule has 2 N–H and O–H groups in total. The van der Waals surface area contributed by atoms with E-state index in [0.717, 1.165) is 11.4 Å². The third-order valence-electron chi connectivity index (χ3n) is 3.52. The van der Waals surface area contributed by atoms with E-state index in [2.05, 4.69) is 45.7 Å². The number of nitrogens with one attached hydrogen (secondary N) is 1. The molecule has 3 aromatic carbocycles. The summed E-state index contributed by atoms with van der Waals surface area (Å²) >= 11 is 0. The van der Waals surface area contributed by atoms with Gasteiger partial charge < -0.3 is 4.90 Å². The first-order valence-corrected chi connectivity index (χ1v) is 6.67. The molecule has 0 fully saturated rings. The van der Waals surface area contributed by atoms with E-state index in [-0.39, 0.29) is 0 Å². The number of hydrogen-bond donors (Lipinski definition) is 2. The molecular formula is C17H16N2O2. The monoisotopic (exact) mass is 280 g/mol. The summed E-state index contributed by atoms with van der Waals surface area (Å²) in [5.41, 5.74) is 5.18. The van der Waals surface area contributed by atoms with Crippen LogP contribution in [0.25, 0.3) is 10.8 Å². The molecule has 0 aliphatic carbocycles. The maximum absolute atomic E-state index is 8.46. The molecule has 0 aliphatic rings. The molecule has 4 nitrogen and oxygen atoms in total. The van der Waals surface area contributed by atoms with Crippen molar-refractivity contribution in [1.82, 2.24) is 0 Å². The van der Waals surface area contributed by atoms with Gasteiger partial charge in [-0.25, -0.2) is 10.7 Å². The van der Waals surface area contributed by atoms with Gasteiger partial charge in [0.05, 0.1) is 5.69 Å². The zero-order valence-electron chi connectivity index (χ0n) is 11.7. The summed E-state index contributed by atoms with van der Waals surface area (Å²) in [7, 11) is 2.00. The molecule has 0 radical (unpaired) electrons. The minimum absolute atomic E-state index is 0.683. The number of benzene rings is 3. The third-order valence-corrected chi connectivity index (χ3v) is 3.52. The molecule has 21 heavy (non-hydrogen) atoms. The van der Waals surface area contributed by atoms with E-state index < -0.39 is 0 Å². The Bertz CT molecular complexity index is 758. The molecule has 0 spiro atoms. The molecule has 3 aromatic rings. The predicted octanol–water partition coefficient (Wildman–Crippen LogP) is 4.42. The molecule has 0 atom stereocenters. The van der Waals surface area contributed by atoms with Gasteiger partial charge in [0.25, 0.3) is 0 Å². The average molecular weight is 280 g/mol. The number of anilines is 3. The zero-order chi connectivity index (χ0) is 14.7. The van der Waals surface area contributed by atoms with Gasteiger partial charge in [0.2, 0.25) is 0 Å². The summed E-state index contributed by atoms with van der Waals surface area (Å²) in [4.78, 5) is 6.04. The van der Waals surface area contributed by atoms with Gasteiger partial charge in [-0.1, -0.05) is 36.4 Å². The van der Waals surface area contributed by atoms with Crippen LogP contribution in [0.4, 0.5) is 17.1 Å². The number of hydrogen-bond acceptors (Lipinski definition) is 4. The largest absolute Gasteiger partial charge is 0.345 e. The van der Waals surface area contributed by atoms with Crippen LogP contribution < -0.4 is 10.4 Å². The molecular weight excluding hydrogens is 264 g/mol. The second kappa shape index (κ2) is 5.83. The first kappa shape index (κ1) is 13.4. The number of fused-ring (bicyclic) bond motifs is 1. The minimum atomic E-state index is 0.683. The quantitative estimate of drug-likeness (QED) is 0.548. The minimum Gasteiger partial charge on any atom is -0.345 e. The second-order valence-corrected chi connectivity index (χ2v) is 4.83. The van der Waals surface area contributed by atoms with Crippen molar-refractivity contribution in [1.29, 1.82) is 0 Å². The second-order valence-electron chi connectivity index (χ2n) is 4.83. The van der Waals surface area contributed by atoms with E-state index in [4.69, 9.17) is 5.26 Å². The number of nitrogens with zero attached hydrogens (tertiary/aromatic N) is 1. The van der Waals surface area contributed by atoms with Crippen molar-refractivity contribution in [2.45, 2.75) is 0 Å². The lowest BCUT2D eigenvalue weighted by Crippen LogP contribution is -2.09. The fourth-order valence-corrected chi connectivity index (χ4v) is 2.37. The van der Waals surface area contributed by atoms with Gasteiger partial charge in [-0.3, -0.25) is 0 Å². The van der Waals surface area contributed by atoms with Gasteiger partial charge in [0, 0.05) is 18.4 Å². The maximum Gasteiger partial charge on any atom is 0.0655 e. The Kier molecular flexibility index (Phi) is 3.73. The Morgan fingerprint density at radius 2 is 1.62 bits per heavy atom. The summed E-state index contributed by atoms with van der Waals surface area (Å²) in [6.07, 6.45) is 0. The topological polar surface area (TPSA) is 44.7 Å². The fourth-order valence-electron chi connectivity index (χ4n) is 2.37. The molecule has 0 saturated carbocycles. The van der Waals surface area contributed by atoms with Gasteiger partial charge >= 0.3 is 0 Å². The van der Waals surface area contributed by atoms with E-state index in [0.29, 0.717) is 5.69 Å². The maximum atomic E-state index is 8.46. The fraction of sp³-hybridized carbons (Fsp3) is 0.0588. The molecule has 0 aliphatic heterocycles. The summed E-state index contributed by atoms with van der Waals surface area (Å²) < 4.78 is 0. The summed E-state index contributed by atoms with van der Waals surface area (Å²) in [6, 6.07) is 22.2. The molecule has 0 unspecified atom stereocenters. The highest BCUT2D eigenvalue weighted by Gasteiger charge is 2.05. The highest BCUT2D eigenvalue weighted by atomic mass is 17.2. The van der Waals surface area contributed by atoms with E-state index in [1.165, 1.54) is 10.8 Å². The first-order chi connectivity index (χ1) is 10.3. The van der Waals surface area contributed by atoms with Crippen LogP contribution in [0.15, 0.2) is 66.7 Å². The zero-order valence-corrected chi connectivity index (χ0v) is 11.7. The van der Waals surface area contributed by atoms with E-state index in [1.54, 1.807) is 0 Å². The normalized spacial score (nSPS) is 10.6. The Morgan fingerprint density at radius 3 is 2.43 bits per heavy atom. The van der Waals surface area contributed by atoms with Crippen molar-refractivity contribution < 1.29 is 10.2 Å². The van der Waals surface area contributed by atoms with E-state index in [9.17, 15) is 0 Å². The van der Waals surface area contributed by atoms with Crippen LogP contribution in [-0.4, -0.2) is 12.3 Å². The molecule has 0 amide bonds. The molecule has 0 aromatic heterocycles. The molecule has 4 heteroatoms.